The number of aryl methyl sites for hydroxylation is 1. The molecule has 1 N–H and O–H groups in total. The molecule has 0 spiro atoms. The first-order valence-electron chi connectivity index (χ1n) is 11.7. The Labute approximate surface area is 202 Å². The predicted octanol–water partition coefficient (Wildman–Crippen LogP) is 4.04. The molecular weight excluding hydrogens is 440 g/mol. The maximum atomic E-state index is 12.4. The molecule has 0 bridgehead atoms. The van der Waals surface area contributed by atoms with Crippen LogP contribution < -0.4 is 0 Å². The Kier molecular flexibility index (Phi) is 11.6. The van der Waals surface area contributed by atoms with Crippen LogP contribution in [-0.2, 0) is 25.5 Å². The van der Waals surface area contributed by atoms with Gasteiger partial charge in [0.2, 0.25) is 0 Å². The number of nitro groups is 1. The first-order valence-corrected chi connectivity index (χ1v) is 11.7. The Balaban J connectivity index is 2.65. The highest BCUT2D eigenvalue weighted by molar-refractivity contribution is 5.75. The van der Waals surface area contributed by atoms with Gasteiger partial charge in [-0.1, -0.05) is 25.0 Å². The molecule has 1 unspecified atom stereocenters. The average molecular weight is 481 g/mol. The molecule has 1 rings (SSSR count). The summed E-state index contributed by atoms with van der Waals surface area (Å²) < 4.78 is 10.8. The van der Waals surface area contributed by atoms with Crippen LogP contribution in [-0.4, -0.2) is 63.8 Å². The van der Waals surface area contributed by atoms with Crippen LogP contribution in [0.4, 0.5) is 5.69 Å². The number of aliphatic hydroxyl groups excluding tert-OH is 1. The molecule has 0 aliphatic carbocycles. The minimum atomic E-state index is -0.652. The standard InChI is InChI=1S/C25H40N2O7/c1-24(2,3)33-22(29)16-26(17-23(30)34-25(4,5)6)21(18-28)11-9-7-8-10-19-12-14-20(15-13-19)27(31)32/h12-15,21,28H,7-11,16-18H2,1-6H3. The summed E-state index contributed by atoms with van der Waals surface area (Å²) in [5, 5.41) is 20.7. The summed E-state index contributed by atoms with van der Waals surface area (Å²) in [5.41, 5.74) is -0.201. The van der Waals surface area contributed by atoms with Crippen molar-refractivity contribution in [2.24, 2.45) is 0 Å². The zero-order valence-corrected chi connectivity index (χ0v) is 21.3. The largest absolute Gasteiger partial charge is 0.459 e. The monoisotopic (exact) mass is 480 g/mol. The fraction of sp³-hybridized carbons (Fsp3) is 0.680. The molecule has 1 aromatic carbocycles. The molecule has 9 nitrogen and oxygen atoms in total. The lowest BCUT2D eigenvalue weighted by atomic mass is 10.0. The van der Waals surface area contributed by atoms with Crippen molar-refractivity contribution in [2.75, 3.05) is 19.7 Å². The number of esters is 2. The van der Waals surface area contributed by atoms with Crippen molar-refractivity contribution in [3.8, 4) is 0 Å². The van der Waals surface area contributed by atoms with E-state index in [0.717, 1.165) is 31.2 Å². The van der Waals surface area contributed by atoms with E-state index in [1.165, 1.54) is 12.1 Å². The molecule has 0 amide bonds. The van der Waals surface area contributed by atoms with Gasteiger partial charge in [0, 0.05) is 18.2 Å². The van der Waals surface area contributed by atoms with Crippen molar-refractivity contribution in [3.63, 3.8) is 0 Å². The molecule has 0 saturated carbocycles. The minimum absolute atomic E-state index is 0.0737. The smallest absolute Gasteiger partial charge is 0.320 e. The lowest BCUT2D eigenvalue weighted by Gasteiger charge is -2.31. The number of hydrogen-bond acceptors (Lipinski definition) is 8. The molecule has 192 valence electrons. The molecule has 0 radical (unpaired) electrons. The number of non-ortho nitro benzene ring substituents is 1. The number of nitro benzene ring substituents is 1. The number of carbonyl (C=O) groups excluding carboxylic acids is 2. The highest BCUT2D eigenvalue weighted by Gasteiger charge is 2.27. The lowest BCUT2D eigenvalue weighted by Crippen LogP contribution is -2.46. The van der Waals surface area contributed by atoms with E-state index in [1.54, 1.807) is 58.6 Å². The quantitative estimate of drug-likeness (QED) is 0.194. The van der Waals surface area contributed by atoms with E-state index in [-0.39, 0.29) is 31.4 Å². The fourth-order valence-electron chi connectivity index (χ4n) is 3.45. The van der Waals surface area contributed by atoms with Crippen LogP contribution in [0.2, 0.25) is 0 Å². The van der Waals surface area contributed by atoms with E-state index >= 15 is 0 Å². The topological polar surface area (TPSA) is 119 Å². The molecule has 0 aliphatic rings. The van der Waals surface area contributed by atoms with Gasteiger partial charge < -0.3 is 14.6 Å². The van der Waals surface area contributed by atoms with E-state index in [9.17, 15) is 24.8 Å². The number of aliphatic hydroxyl groups is 1. The van der Waals surface area contributed by atoms with Gasteiger partial charge >= 0.3 is 11.9 Å². The summed E-state index contributed by atoms with van der Waals surface area (Å²) in [4.78, 5) is 36.8. The number of nitrogens with zero attached hydrogens (tertiary/aromatic N) is 2. The Morgan fingerprint density at radius 1 is 0.941 bits per heavy atom. The van der Waals surface area contributed by atoms with Crippen molar-refractivity contribution in [2.45, 2.75) is 90.9 Å². The summed E-state index contributed by atoms with van der Waals surface area (Å²) in [6.07, 6.45) is 3.94. The Morgan fingerprint density at radius 2 is 1.44 bits per heavy atom. The van der Waals surface area contributed by atoms with Crippen LogP contribution in [0.1, 0.15) is 72.8 Å². The second-order valence-corrected chi connectivity index (χ2v) is 10.4. The van der Waals surface area contributed by atoms with Crippen molar-refractivity contribution in [1.82, 2.24) is 4.90 Å². The second kappa shape index (κ2) is 13.4. The van der Waals surface area contributed by atoms with Gasteiger partial charge in [-0.15, -0.1) is 0 Å². The van der Waals surface area contributed by atoms with Crippen molar-refractivity contribution in [3.05, 3.63) is 39.9 Å². The first-order chi connectivity index (χ1) is 15.7. The third kappa shape index (κ3) is 12.6. The zero-order chi connectivity index (χ0) is 25.9. The molecule has 9 heteroatoms. The number of carbonyl (C=O) groups is 2. The Morgan fingerprint density at radius 3 is 1.85 bits per heavy atom. The highest BCUT2D eigenvalue weighted by Crippen LogP contribution is 2.17. The number of ether oxygens (including phenoxy) is 2. The normalized spacial score (nSPS) is 12.9. The van der Waals surface area contributed by atoms with E-state index in [1.807, 2.05) is 0 Å². The molecule has 1 atom stereocenters. The molecule has 1 aromatic rings. The summed E-state index contributed by atoms with van der Waals surface area (Å²) in [6.45, 7) is 10.2. The minimum Gasteiger partial charge on any atom is -0.459 e. The predicted molar refractivity (Wildman–Crippen MR) is 129 cm³/mol. The lowest BCUT2D eigenvalue weighted by molar-refractivity contribution is -0.384. The van der Waals surface area contributed by atoms with Crippen LogP contribution in [0.15, 0.2) is 24.3 Å². The van der Waals surface area contributed by atoms with Crippen molar-refractivity contribution in [1.29, 1.82) is 0 Å². The average Bonchev–Trinajstić information content (AvgIpc) is 2.67. The van der Waals surface area contributed by atoms with Gasteiger partial charge in [0.25, 0.3) is 5.69 Å². The number of benzene rings is 1. The summed E-state index contributed by atoms with van der Waals surface area (Å²) in [6, 6.07) is 6.14. The zero-order valence-electron chi connectivity index (χ0n) is 21.3. The van der Waals surface area contributed by atoms with Gasteiger partial charge in [0.05, 0.1) is 24.6 Å². The molecule has 0 aliphatic heterocycles. The van der Waals surface area contributed by atoms with Crippen LogP contribution in [0.5, 0.6) is 0 Å². The van der Waals surface area contributed by atoms with Crippen molar-refractivity contribution >= 4 is 17.6 Å². The summed E-state index contributed by atoms with van der Waals surface area (Å²) in [5.74, 6) is -0.930. The summed E-state index contributed by atoms with van der Waals surface area (Å²) >= 11 is 0. The summed E-state index contributed by atoms with van der Waals surface area (Å²) in [7, 11) is 0. The fourth-order valence-corrected chi connectivity index (χ4v) is 3.45. The van der Waals surface area contributed by atoms with Crippen LogP contribution >= 0.6 is 0 Å². The molecule has 0 saturated heterocycles. The van der Waals surface area contributed by atoms with Gasteiger partial charge in [-0.25, -0.2) is 0 Å². The van der Waals surface area contributed by atoms with E-state index in [2.05, 4.69) is 0 Å². The molecule has 34 heavy (non-hydrogen) atoms. The maximum Gasteiger partial charge on any atom is 0.320 e. The first kappa shape index (κ1) is 29.5. The number of rotatable bonds is 13. The van der Waals surface area contributed by atoms with E-state index < -0.39 is 28.1 Å². The highest BCUT2D eigenvalue weighted by atomic mass is 16.6. The maximum absolute atomic E-state index is 12.4. The third-order valence-corrected chi connectivity index (χ3v) is 4.88. The Bertz CT molecular complexity index is 765. The van der Waals surface area contributed by atoms with Crippen LogP contribution in [0.25, 0.3) is 0 Å². The number of hydrogen-bond donors (Lipinski definition) is 1. The van der Waals surface area contributed by atoms with Gasteiger partial charge in [0.15, 0.2) is 0 Å². The van der Waals surface area contributed by atoms with Crippen LogP contribution in [0, 0.1) is 10.1 Å². The molecule has 0 heterocycles. The van der Waals surface area contributed by atoms with Gasteiger partial charge in [0.1, 0.15) is 11.2 Å². The van der Waals surface area contributed by atoms with E-state index in [0.29, 0.717) is 6.42 Å². The van der Waals surface area contributed by atoms with Crippen molar-refractivity contribution < 1.29 is 29.1 Å². The van der Waals surface area contributed by atoms with E-state index in [4.69, 9.17) is 9.47 Å². The molecule has 0 fully saturated rings. The second-order valence-electron chi connectivity index (χ2n) is 10.4. The van der Waals surface area contributed by atoms with Gasteiger partial charge in [-0.2, -0.15) is 0 Å². The third-order valence-electron chi connectivity index (χ3n) is 4.88. The Hall–Kier alpha value is -2.52. The number of unbranched alkanes of at least 4 members (excludes halogenated alkanes) is 2. The molecular formula is C25H40N2O7. The molecule has 0 aromatic heterocycles. The SMILES string of the molecule is CC(C)(C)OC(=O)CN(CC(=O)OC(C)(C)C)C(CO)CCCCCc1ccc([N+](=O)[O-])cc1. The van der Waals surface area contributed by atoms with Gasteiger partial charge in [-0.3, -0.25) is 24.6 Å². The van der Waals surface area contributed by atoms with Gasteiger partial charge in [-0.05, 0) is 66.4 Å². The van der Waals surface area contributed by atoms with Crippen LogP contribution in [0.3, 0.4) is 0 Å².